The molecule has 1 unspecified atom stereocenters. The smallest absolute Gasteiger partial charge is 0.0175 e. The summed E-state index contributed by atoms with van der Waals surface area (Å²) < 4.78 is 0. The molecule has 0 bridgehead atoms. The quantitative estimate of drug-likeness (QED) is 0.486. The molecule has 0 aromatic carbocycles. The van der Waals surface area contributed by atoms with Crippen LogP contribution in [0.5, 0.6) is 0 Å². The topological polar surface area (TPSA) is 0 Å². The van der Waals surface area contributed by atoms with Crippen molar-refractivity contribution in [3.05, 3.63) is 12.2 Å². The molecule has 3 atom stereocenters. The van der Waals surface area contributed by atoms with Crippen molar-refractivity contribution >= 4 is 0 Å². The van der Waals surface area contributed by atoms with Crippen LogP contribution in [0.3, 0.4) is 0 Å². The maximum Gasteiger partial charge on any atom is -0.0175 e. The van der Waals surface area contributed by atoms with Gasteiger partial charge in [0.25, 0.3) is 0 Å². The SMILES string of the molecule is C=C(C)C1CC[C@@]2(C)C[C@@H]12. The van der Waals surface area contributed by atoms with E-state index in [0.717, 1.165) is 17.3 Å². The van der Waals surface area contributed by atoms with Crippen LogP contribution in [0.2, 0.25) is 0 Å². The molecule has 0 heteroatoms. The van der Waals surface area contributed by atoms with Gasteiger partial charge in [-0.1, -0.05) is 19.1 Å². The molecule has 0 spiro atoms. The first-order valence-corrected chi connectivity index (χ1v) is 4.29. The Balaban J connectivity index is 2.11. The Kier molecular flexibility index (Phi) is 1.07. The normalized spacial score (nSPS) is 50.6. The molecule has 2 aliphatic carbocycles. The van der Waals surface area contributed by atoms with Gasteiger partial charge in [-0.25, -0.2) is 0 Å². The summed E-state index contributed by atoms with van der Waals surface area (Å²) in [7, 11) is 0. The van der Waals surface area contributed by atoms with Crippen molar-refractivity contribution in [2.75, 3.05) is 0 Å². The standard InChI is InChI=1S/C10H16/c1-7(2)8-4-5-10(3)6-9(8)10/h8-9H,1,4-6H2,2-3H3/t8?,9-,10-/m0/s1. The van der Waals surface area contributed by atoms with Crippen molar-refractivity contribution in [1.29, 1.82) is 0 Å². The van der Waals surface area contributed by atoms with E-state index in [9.17, 15) is 0 Å². The summed E-state index contributed by atoms with van der Waals surface area (Å²) in [5, 5.41) is 0. The summed E-state index contributed by atoms with van der Waals surface area (Å²) in [6.07, 6.45) is 4.34. The minimum atomic E-state index is 0.754. The monoisotopic (exact) mass is 136 g/mol. The third kappa shape index (κ3) is 0.680. The van der Waals surface area contributed by atoms with Crippen LogP contribution in [0.15, 0.2) is 12.2 Å². The van der Waals surface area contributed by atoms with E-state index in [-0.39, 0.29) is 0 Å². The van der Waals surface area contributed by atoms with Gasteiger partial charge in [-0.15, -0.1) is 0 Å². The number of rotatable bonds is 1. The van der Waals surface area contributed by atoms with Crippen LogP contribution in [0, 0.1) is 17.3 Å². The van der Waals surface area contributed by atoms with Crippen molar-refractivity contribution in [3.63, 3.8) is 0 Å². The van der Waals surface area contributed by atoms with E-state index in [1.165, 1.54) is 24.8 Å². The van der Waals surface area contributed by atoms with Gasteiger partial charge in [-0.2, -0.15) is 0 Å². The van der Waals surface area contributed by atoms with Gasteiger partial charge in [0.05, 0.1) is 0 Å². The summed E-state index contributed by atoms with van der Waals surface area (Å²) in [6, 6.07) is 0. The highest BCUT2D eigenvalue weighted by Gasteiger charge is 2.57. The van der Waals surface area contributed by atoms with E-state index < -0.39 is 0 Å². The van der Waals surface area contributed by atoms with Crippen LogP contribution >= 0.6 is 0 Å². The molecule has 0 aliphatic heterocycles. The molecule has 0 nitrogen and oxygen atoms in total. The number of hydrogen-bond donors (Lipinski definition) is 0. The van der Waals surface area contributed by atoms with Crippen LogP contribution in [-0.4, -0.2) is 0 Å². The summed E-state index contributed by atoms with van der Waals surface area (Å²) in [6.45, 7) is 8.67. The Bertz CT molecular complexity index is 180. The van der Waals surface area contributed by atoms with Crippen LogP contribution < -0.4 is 0 Å². The summed E-state index contributed by atoms with van der Waals surface area (Å²) in [4.78, 5) is 0. The number of allylic oxidation sites excluding steroid dienone is 1. The molecule has 0 saturated heterocycles. The molecule has 0 radical (unpaired) electrons. The Morgan fingerprint density at radius 1 is 1.60 bits per heavy atom. The molecule has 2 saturated carbocycles. The van der Waals surface area contributed by atoms with Crippen LogP contribution in [0.25, 0.3) is 0 Å². The molecular weight excluding hydrogens is 120 g/mol. The van der Waals surface area contributed by atoms with Gasteiger partial charge in [0, 0.05) is 0 Å². The average Bonchev–Trinajstić information content (AvgIpc) is 2.36. The minimum absolute atomic E-state index is 0.754. The molecular formula is C10H16. The zero-order valence-electron chi connectivity index (χ0n) is 6.98. The van der Waals surface area contributed by atoms with E-state index >= 15 is 0 Å². The van der Waals surface area contributed by atoms with Crippen LogP contribution in [-0.2, 0) is 0 Å². The highest BCUT2D eigenvalue weighted by Crippen LogP contribution is 2.66. The largest absolute Gasteiger partial charge is 0.0999 e. The summed E-state index contributed by atoms with van der Waals surface area (Å²) in [5.74, 6) is 1.90. The number of fused-ring (bicyclic) bond motifs is 1. The van der Waals surface area contributed by atoms with Gasteiger partial charge < -0.3 is 0 Å². The van der Waals surface area contributed by atoms with E-state index in [2.05, 4.69) is 20.4 Å². The Morgan fingerprint density at radius 2 is 2.30 bits per heavy atom. The molecule has 0 heterocycles. The third-order valence-corrected chi connectivity index (χ3v) is 3.57. The van der Waals surface area contributed by atoms with Crippen molar-refractivity contribution in [2.45, 2.75) is 33.1 Å². The van der Waals surface area contributed by atoms with E-state index in [1.54, 1.807) is 0 Å². The van der Waals surface area contributed by atoms with Gasteiger partial charge >= 0.3 is 0 Å². The van der Waals surface area contributed by atoms with E-state index in [0.29, 0.717) is 0 Å². The molecule has 0 aromatic heterocycles. The van der Waals surface area contributed by atoms with Gasteiger partial charge in [0.15, 0.2) is 0 Å². The second-order valence-corrected chi connectivity index (χ2v) is 4.46. The minimum Gasteiger partial charge on any atom is -0.0999 e. The van der Waals surface area contributed by atoms with E-state index in [4.69, 9.17) is 0 Å². The van der Waals surface area contributed by atoms with Gasteiger partial charge in [0.2, 0.25) is 0 Å². The maximum atomic E-state index is 4.05. The Morgan fingerprint density at radius 3 is 2.50 bits per heavy atom. The van der Waals surface area contributed by atoms with Crippen LogP contribution in [0.4, 0.5) is 0 Å². The second-order valence-electron chi connectivity index (χ2n) is 4.46. The van der Waals surface area contributed by atoms with Gasteiger partial charge in [-0.3, -0.25) is 0 Å². The lowest BCUT2D eigenvalue weighted by Crippen LogP contribution is -1.98. The van der Waals surface area contributed by atoms with Gasteiger partial charge in [-0.05, 0) is 43.4 Å². The first-order chi connectivity index (χ1) is 4.63. The fraction of sp³-hybridized carbons (Fsp3) is 0.800. The molecule has 56 valence electrons. The molecule has 0 amide bonds. The molecule has 2 rings (SSSR count). The first-order valence-electron chi connectivity index (χ1n) is 4.29. The molecule has 0 aromatic rings. The zero-order chi connectivity index (χ0) is 7.35. The van der Waals surface area contributed by atoms with Crippen molar-refractivity contribution < 1.29 is 0 Å². The highest BCUT2D eigenvalue weighted by molar-refractivity contribution is 5.16. The molecule has 2 aliphatic rings. The molecule has 2 fully saturated rings. The Hall–Kier alpha value is -0.260. The van der Waals surface area contributed by atoms with Crippen molar-refractivity contribution in [3.8, 4) is 0 Å². The predicted molar refractivity (Wildman–Crippen MR) is 43.8 cm³/mol. The third-order valence-electron chi connectivity index (χ3n) is 3.57. The first kappa shape index (κ1) is 6.45. The van der Waals surface area contributed by atoms with Crippen molar-refractivity contribution in [1.82, 2.24) is 0 Å². The fourth-order valence-corrected chi connectivity index (χ4v) is 2.64. The van der Waals surface area contributed by atoms with Crippen LogP contribution in [0.1, 0.15) is 33.1 Å². The second kappa shape index (κ2) is 1.66. The lowest BCUT2D eigenvalue weighted by atomic mass is 9.97. The Labute approximate surface area is 63.3 Å². The maximum absolute atomic E-state index is 4.05. The summed E-state index contributed by atoms with van der Waals surface area (Å²) in [5.41, 5.74) is 2.18. The predicted octanol–water partition coefficient (Wildman–Crippen LogP) is 3.00. The van der Waals surface area contributed by atoms with E-state index in [1.807, 2.05) is 0 Å². The molecule has 10 heavy (non-hydrogen) atoms. The fourth-order valence-electron chi connectivity index (χ4n) is 2.64. The molecule has 0 N–H and O–H groups in total. The summed E-state index contributed by atoms with van der Waals surface area (Å²) >= 11 is 0. The number of hydrogen-bond acceptors (Lipinski definition) is 0. The highest BCUT2D eigenvalue weighted by atomic mass is 14.6. The lowest BCUT2D eigenvalue weighted by Gasteiger charge is -2.09. The van der Waals surface area contributed by atoms with Gasteiger partial charge in [0.1, 0.15) is 0 Å². The lowest BCUT2D eigenvalue weighted by molar-refractivity contribution is 0.547. The zero-order valence-corrected chi connectivity index (χ0v) is 6.98. The van der Waals surface area contributed by atoms with Crippen molar-refractivity contribution in [2.24, 2.45) is 17.3 Å². The average molecular weight is 136 g/mol.